The van der Waals surface area contributed by atoms with Gasteiger partial charge in [0.2, 0.25) is 0 Å². The van der Waals surface area contributed by atoms with Crippen molar-refractivity contribution in [3.8, 4) is 12.3 Å². The van der Waals surface area contributed by atoms with Gasteiger partial charge in [-0.15, -0.1) is 6.42 Å². The van der Waals surface area contributed by atoms with E-state index in [9.17, 15) is 4.79 Å². The highest BCUT2D eigenvalue weighted by atomic mass is 16.1. The van der Waals surface area contributed by atoms with Crippen LogP contribution >= 0.6 is 0 Å². The van der Waals surface area contributed by atoms with Crippen molar-refractivity contribution in [1.82, 2.24) is 9.88 Å². The predicted molar refractivity (Wildman–Crippen MR) is 69.9 cm³/mol. The van der Waals surface area contributed by atoms with Crippen molar-refractivity contribution in [2.24, 2.45) is 0 Å². The van der Waals surface area contributed by atoms with Gasteiger partial charge < -0.3 is 9.88 Å². The molecule has 0 unspecified atom stereocenters. The highest BCUT2D eigenvalue weighted by molar-refractivity contribution is 5.78. The van der Waals surface area contributed by atoms with E-state index in [1.165, 1.54) is 0 Å². The van der Waals surface area contributed by atoms with Crippen molar-refractivity contribution in [3.05, 3.63) is 46.8 Å². The Balaban J connectivity index is 2.29. The summed E-state index contributed by atoms with van der Waals surface area (Å²) in [7, 11) is 0. The fraction of sp³-hybridized carbons (Fsp3) is 0.214. The Kier molecular flexibility index (Phi) is 3.59. The van der Waals surface area contributed by atoms with Crippen LogP contribution in [-0.2, 0) is 6.54 Å². The van der Waals surface area contributed by atoms with Crippen LogP contribution in [0.2, 0.25) is 0 Å². The standard InChI is InChI=1S/C14H14N2O/c1-2-9-15-10-11-16-13-6-4-3-5-12(13)7-8-14(16)17/h1,3-8,15H,9-11H2. The number of fused-ring (bicyclic) bond motifs is 1. The lowest BCUT2D eigenvalue weighted by Crippen LogP contribution is -2.26. The Bertz CT molecular complexity index is 607. The maximum atomic E-state index is 11.8. The van der Waals surface area contributed by atoms with E-state index < -0.39 is 0 Å². The van der Waals surface area contributed by atoms with Gasteiger partial charge in [0.1, 0.15) is 0 Å². The van der Waals surface area contributed by atoms with Crippen molar-refractivity contribution in [1.29, 1.82) is 0 Å². The molecule has 0 aliphatic carbocycles. The third kappa shape index (κ3) is 2.55. The van der Waals surface area contributed by atoms with E-state index in [1.54, 1.807) is 10.6 Å². The van der Waals surface area contributed by atoms with Gasteiger partial charge in [0.05, 0.1) is 12.1 Å². The number of para-hydroxylation sites is 1. The zero-order chi connectivity index (χ0) is 12.1. The van der Waals surface area contributed by atoms with Gasteiger partial charge in [-0.2, -0.15) is 0 Å². The number of rotatable bonds is 4. The quantitative estimate of drug-likeness (QED) is 0.628. The molecule has 2 rings (SSSR count). The Hall–Kier alpha value is -2.05. The Labute approximate surface area is 100 Å². The lowest BCUT2D eigenvalue weighted by atomic mass is 10.2. The predicted octanol–water partition coefficient (Wildman–Crippen LogP) is 1.22. The summed E-state index contributed by atoms with van der Waals surface area (Å²) in [6.07, 6.45) is 5.15. The second kappa shape index (κ2) is 5.33. The summed E-state index contributed by atoms with van der Waals surface area (Å²) in [6.45, 7) is 1.85. The van der Waals surface area contributed by atoms with E-state index in [0.717, 1.165) is 10.9 Å². The lowest BCUT2D eigenvalue weighted by Gasteiger charge is -2.09. The highest BCUT2D eigenvalue weighted by Gasteiger charge is 2.01. The zero-order valence-electron chi connectivity index (χ0n) is 9.52. The van der Waals surface area contributed by atoms with Crippen LogP contribution in [-0.4, -0.2) is 17.7 Å². The molecule has 3 nitrogen and oxygen atoms in total. The molecule has 0 aliphatic rings. The Morgan fingerprint density at radius 1 is 1.24 bits per heavy atom. The van der Waals surface area contributed by atoms with Crippen molar-refractivity contribution < 1.29 is 0 Å². The molecular weight excluding hydrogens is 212 g/mol. The van der Waals surface area contributed by atoms with Crippen LogP contribution in [0.3, 0.4) is 0 Å². The van der Waals surface area contributed by atoms with E-state index in [0.29, 0.717) is 19.6 Å². The number of hydrogen-bond donors (Lipinski definition) is 1. The fourth-order valence-corrected chi connectivity index (χ4v) is 1.83. The summed E-state index contributed by atoms with van der Waals surface area (Å²) >= 11 is 0. The molecule has 0 aliphatic heterocycles. The van der Waals surface area contributed by atoms with E-state index in [4.69, 9.17) is 6.42 Å². The maximum Gasteiger partial charge on any atom is 0.251 e. The highest BCUT2D eigenvalue weighted by Crippen LogP contribution is 2.10. The second-order valence-corrected chi connectivity index (χ2v) is 3.76. The largest absolute Gasteiger partial charge is 0.307 e. The topological polar surface area (TPSA) is 34.0 Å². The third-order valence-electron chi connectivity index (χ3n) is 2.64. The Morgan fingerprint density at radius 2 is 2.06 bits per heavy atom. The summed E-state index contributed by atoms with van der Waals surface area (Å²) in [5.74, 6) is 2.51. The molecule has 86 valence electrons. The van der Waals surface area contributed by atoms with E-state index in [-0.39, 0.29) is 5.56 Å². The smallest absolute Gasteiger partial charge is 0.251 e. The molecule has 1 N–H and O–H groups in total. The van der Waals surface area contributed by atoms with Crippen LogP contribution in [0.15, 0.2) is 41.2 Å². The van der Waals surface area contributed by atoms with Gasteiger partial charge >= 0.3 is 0 Å². The van der Waals surface area contributed by atoms with Gasteiger partial charge in [0.25, 0.3) is 5.56 Å². The number of nitrogens with one attached hydrogen (secondary N) is 1. The average molecular weight is 226 g/mol. The summed E-state index contributed by atoms with van der Waals surface area (Å²) in [5, 5.41) is 4.15. The first-order valence-electron chi connectivity index (χ1n) is 5.55. The molecule has 0 bridgehead atoms. The molecule has 1 aromatic carbocycles. The molecule has 0 atom stereocenters. The SMILES string of the molecule is C#CCNCCn1c(=O)ccc2ccccc21. The van der Waals surface area contributed by atoms with Crippen molar-refractivity contribution in [3.63, 3.8) is 0 Å². The number of hydrogen-bond acceptors (Lipinski definition) is 2. The molecule has 1 aromatic heterocycles. The molecule has 0 fully saturated rings. The normalized spacial score (nSPS) is 10.3. The number of pyridine rings is 1. The first kappa shape index (κ1) is 11.4. The van der Waals surface area contributed by atoms with Crippen LogP contribution in [0, 0.1) is 12.3 Å². The van der Waals surface area contributed by atoms with Crippen molar-refractivity contribution >= 4 is 10.9 Å². The first-order valence-corrected chi connectivity index (χ1v) is 5.55. The van der Waals surface area contributed by atoms with Gasteiger partial charge in [0.15, 0.2) is 0 Å². The summed E-state index contributed by atoms with van der Waals surface area (Å²) in [6, 6.07) is 11.3. The zero-order valence-corrected chi connectivity index (χ0v) is 9.52. The van der Waals surface area contributed by atoms with Crippen LogP contribution in [0.25, 0.3) is 10.9 Å². The van der Waals surface area contributed by atoms with Gasteiger partial charge in [-0.05, 0) is 17.5 Å². The molecule has 3 heteroatoms. The van der Waals surface area contributed by atoms with Gasteiger partial charge in [0, 0.05) is 19.2 Å². The summed E-state index contributed by atoms with van der Waals surface area (Å²) in [5.41, 5.74) is 0.980. The monoisotopic (exact) mass is 226 g/mol. The molecule has 0 saturated carbocycles. The molecule has 0 amide bonds. The molecule has 17 heavy (non-hydrogen) atoms. The number of aromatic nitrogens is 1. The Morgan fingerprint density at radius 3 is 2.88 bits per heavy atom. The molecule has 0 spiro atoms. The molecule has 1 heterocycles. The molecular formula is C14H14N2O. The average Bonchev–Trinajstić information content (AvgIpc) is 2.37. The third-order valence-corrected chi connectivity index (χ3v) is 2.64. The molecule has 0 saturated heterocycles. The van der Waals surface area contributed by atoms with E-state index in [2.05, 4.69) is 11.2 Å². The second-order valence-electron chi connectivity index (χ2n) is 3.76. The minimum Gasteiger partial charge on any atom is -0.307 e. The maximum absolute atomic E-state index is 11.8. The number of terminal acetylenes is 1. The van der Waals surface area contributed by atoms with Crippen LogP contribution in [0.1, 0.15) is 0 Å². The van der Waals surface area contributed by atoms with Crippen LogP contribution < -0.4 is 10.9 Å². The molecule has 0 radical (unpaired) electrons. The van der Waals surface area contributed by atoms with Crippen LogP contribution in [0.4, 0.5) is 0 Å². The lowest BCUT2D eigenvalue weighted by molar-refractivity contribution is 0.629. The van der Waals surface area contributed by atoms with Gasteiger partial charge in [-0.1, -0.05) is 24.1 Å². The van der Waals surface area contributed by atoms with Crippen molar-refractivity contribution in [2.45, 2.75) is 6.54 Å². The van der Waals surface area contributed by atoms with Gasteiger partial charge in [-0.3, -0.25) is 4.79 Å². The minimum atomic E-state index is 0.0196. The van der Waals surface area contributed by atoms with Gasteiger partial charge in [-0.25, -0.2) is 0 Å². The fourth-order valence-electron chi connectivity index (χ4n) is 1.83. The minimum absolute atomic E-state index is 0.0196. The van der Waals surface area contributed by atoms with Crippen LogP contribution in [0.5, 0.6) is 0 Å². The summed E-state index contributed by atoms with van der Waals surface area (Å²) < 4.78 is 1.76. The number of nitrogens with zero attached hydrogens (tertiary/aromatic N) is 1. The summed E-state index contributed by atoms with van der Waals surface area (Å²) in [4.78, 5) is 11.8. The van der Waals surface area contributed by atoms with E-state index >= 15 is 0 Å². The van der Waals surface area contributed by atoms with Crippen molar-refractivity contribution in [2.75, 3.05) is 13.1 Å². The molecule has 2 aromatic rings. The number of benzene rings is 1. The first-order chi connectivity index (χ1) is 8.33. The van der Waals surface area contributed by atoms with E-state index in [1.807, 2.05) is 30.3 Å².